The Morgan fingerprint density at radius 2 is 2.14 bits per heavy atom. The predicted molar refractivity (Wildman–Crippen MR) is 84.5 cm³/mol. The zero-order chi connectivity index (χ0) is 15.5. The minimum Gasteiger partial charge on any atom is -0.469 e. The predicted octanol–water partition coefficient (Wildman–Crippen LogP) is 2.60. The summed E-state index contributed by atoms with van der Waals surface area (Å²) in [4.78, 5) is 0. The molecule has 0 amide bonds. The minimum atomic E-state index is -0.210. The molecule has 1 fully saturated rings. The zero-order valence-corrected chi connectivity index (χ0v) is 14.3. The number of aliphatic hydroxyl groups excluding tert-OH is 1. The van der Waals surface area contributed by atoms with Crippen molar-refractivity contribution in [2.24, 2.45) is 11.3 Å². The molecule has 6 heteroatoms. The van der Waals surface area contributed by atoms with Crippen molar-refractivity contribution in [2.75, 3.05) is 13.2 Å². The third-order valence-electron chi connectivity index (χ3n) is 4.09. The van der Waals surface area contributed by atoms with Crippen molar-refractivity contribution < 1.29 is 9.84 Å². The van der Waals surface area contributed by atoms with E-state index in [1.807, 2.05) is 6.92 Å². The maximum Gasteiger partial charge on any atom is 0.294 e. The van der Waals surface area contributed by atoms with Gasteiger partial charge in [-0.25, -0.2) is 0 Å². The van der Waals surface area contributed by atoms with Crippen molar-refractivity contribution in [1.82, 2.24) is 15.5 Å². The molecule has 0 aromatic carbocycles. The van der Waals surface area contributed by atoms with Gasteiger partial charge in [0.25, 0.3) is 5.19 Å². The SMILES string of the molecule is CCOc1nnc(CN[C@@]2(CO)C[C@H](C)CC(C)(C)C2)s1. The van der Waals surface area contributed by atoms with E-state index in [9.17, 15) is 5.11 Å². The number of hydrogen-bond donors (Lipinski definition) is 2. The van der Waals surface area contributed by atoms with Crippen LogP contribution in [0.4, 0.5) is 0 Å². The van der Waals surface area contributed by atoms with E-state index < -0.39 is 0 Å². The summed E-state index contributed by atoms with van der Waals surface area (Å²) in [6.07, 6.45) is 3.20. The lowest BCUT2D eigenvalue weighted by Crippen LogP contribution is -2.54. The van der Waals surface area contributed by atoms with Crippen molar-refractivity contribution in [3.63, 3.8) is 0 Å². The molecule has 0 bridgehead atoms. The second-order valence-electron chi connectivity index (χ2n) is 7.04. The van der Waals surface area contributed by atoms with Crippen molar-refractivity contribution >= 4 is 11.3 Å². The van der Waals surface area contributed by atoms with Gasteiger partial charge in [-0.3, -0.25) is 0 Å². The highest BCUT2D eigenvalue weighted by molar-refractivity contribution is 7.13. The summed E-state index contributed by atoms with van der Waals surface area (Å²) in [6, 6.07) is 0. The summed E-state index contributed by atoms with van der Waals surface area (Å²) < 4.78 is 5.35. The van der Waals surface area contributed by atoms with Gasteiger partial charge in [-0.2, -0.15) is 0 Å². The van der Waals surface area contributed by atoms with Gasteiger partial charge in [-0.15, -0.1) is 10.2 Å². The summed E-state index contributed by atoms with van der Waals surface area (Å²) in [6.45, 7) is 10.2. The standard InChI is InChI=1S/C15H27N3O2S/c1-5-20-13-18-17-12(21-13)8-16-15(10-19)7-11(2)6-14(3,4)9-15/h11,16,19H,5-10H2,1-4H3/t11-,15+/m1/s1. The van der Waals surface area contributed by atoms with Crippen molar-refractivity contribution in [3.05, 3.63) is 5.01 Å². The molecule has 2 rings (SSSR count). The molecule has 0 saturated heterocycles. The highest BCUT2D eigenvalue weighted by Crippen LogP contribution is 2.43. The van der Waals surface area contributed by atoms with Gasteiger partial charge in [0.1, 0.15) is 5.01 Å². The lowest BCUT2D eigenvalue weighted by molar-refractivity contribution is 0.0352. The van der Waals surface area contributed by atoms with Crippen LogP contribution < -0.4 is 10.1 Å². The molecule has 1 aliphatic rings. The van der Waals surface area contributed by atoms with Gasteiger partial charge >= 0.3 is 0 Å². The molecule has 120 valence electrons. The first-order valence-corrected chi connectivity index (χ1v) is 8.51. The Kier molecular flexibility index (Phi) is 5.22. The van der Waals surface area contributed by atoms with Gasteiger partial charge in [0, 0.05) is 5.54 Å². The number of rotatable bonds is 6. The maximum absolute atomic E-state index is 9.94. The topological polar surface area (TPSA) is 67.3 Å². The smallest absolute Gasteiger partial charge is 0.294 e. The number of aliphatic hydroxyl groups is 1. The van der Waals surface area contributed by atoms with E-state index in [1.165, 1.54) is 17.8 Å². The van der Waals surface area contributed by atoms with Crippen LogP contribution in [0.1, 0.15) is 52.0 Å². The fourth-order valence-corrected chi connectivity index (χ4v) is 4.49. The van der Waals surface area contributed by atoms with Crippen LogP contribution in [0.5, 0.6) is 5.19 Å². The highest BCUT2D eigenvalue weighted by Gasteiger charge is 2.42. The van der Waals surface area contributed by atoms with Crippen molar-refractivity contribution in [1.29, 1.82) is 0 Å². The normalized spacial score (nSPS) is 28.5. The summed E-state index contributed by atoms with van der Waals surface area (Å²) in [7, 11) is 0. The minimum absolute atomic E-state index is 0.165. The molecule has 0 spiro atoms. The fourth-order valence-electron chi connectivity index (χ4n) is 3.81. The van der Waals surface area contributed by atoms with E-state index in [2.05, 4.69) is 36.3 Å². The Hall–Kier alpha value is -0.720. The first-order valence-electron chi connectivity index (χ1n) is 7.69. The monoisotopic (exact) mass is 313 g/mol. The van der Waals surface area contributed by atoms with Crippen molar-refractivity contribution in [2.45, 2.75) is 59.0 Å². The maximum atomic E-state index is 9.94. The second kappa shape index (κ2) is 6.58. The van der Waals surface area contributed by atoms with Gasteiger partial charge in [0.15, 0.2) is 0 Å². The van der Waals surface area contributed by atoms with Gasteiger partial charge in [-0.05, 0) is 37.5 Å². The number of nitrogens with one attached hydrogen (secondary N) is 1. The molecule has 2 atom stereocenters. The Bertz CT molecular complexity index is 464. The Labute approximate surface area is 131 Å². The zero-order valence-electron chi connectivity index (χ0n) is 13.5. The largest absolute Gasteiger partial charge is 0.469 e. The quantitative estimate of drug-likeness (QED) is 0.845. The highest BCUT2D eigenvalue weighted by atomic mass is 32.1. The molecular weight excluding hydrogens is 286 g/mol. The first-order chi connectivity index (χ1) is 9.88. The van der Waals surface area contributed by atoms with Gasteiger partial charge in [0.2, 0.25) is 0 Å². The molecule has 0 unspecified atom stereocenters. The van der Waals surface area contributed by atoms with Crippen LogP contribution in [0.2, 0.25) is 0 Å². The van der Waals surface area contributed by atoms with Gasteiger partial charge in [0.05, 0.1) is 19.8 Å². The van der Waals surface area contributed by atoms with Crippen LogP contribution in [0.25, 0.3) is 0 Å². The van der Waals surface area contributed by atoms with E-state index in [0.717, 1.165) is 17.8 Å². The first kappa shape index (κ1) is 16.6. The molecule has 1 heterocycles. The van der Waals surface area contributed by atoms with Gasteiger partial charge < -0.3 is 15.2 Å². The molecule has 2 N–H and O–H groups in total. The Morgan fingerprint density at radius 1 is 1.38 bits per heavy atom. The summed E-state index contributed by atoms with van der Waals surface area (Å²) >= 11 is 1.47. The third-order valence-corrected chi connectivity index (χ3v) is 4.93. The van der Waals surface area contributed by atoms with Crippen LogP contribution in [0.15, 0.2) is 0 Å². The molecular formula is C15H27N3O2S. The van der Waals surface area contributed by atoms with E-state index >= 15 is 0 Å². The second-order valence-corrected chi connectivity index (χ2v) is 8.07. The van der Waals surface area contributed by atoms with E-state index in [-0.39, 0.29) is 17.6 Å². The average Bonchev–Trinajstić information content (AvgIpc) is 2.82. The van der Waals surface area contributed by atoms with E-state index in [4.69, 9.17) is 4.74 Å². The van der Waals surface area contributed by atoms with Gasteiger partial charge in [-0.1, -0.05) is 32.1 Å². The Balaban J connectivity index is 2.00. The molecule has 5 nitrogen and oxygen atoms in total. The van der Waals surface area contributed by atoms with Crippen LogP contribution in [-0.4, -0.2) is 34.1 Å². The molecule has 1 aliphatic carbocycles. The summed E-state index contributed by atoms with van der Waals surface area (Å²) in [5.41, 5.74) is 0.0453. The third kappa shape index (κ3) is 4.37. The molecule has 0 aliphatic heterocycles. The molecule has 1 aromatic rings. The lowest BCUT2D eigenvalue weighted by atomic mass is 9.64. The van der Waals surface area contributed by atoms with Crippen molar-refractivity contribution in [3.8, 4) is 5.19 Å². The Morgan fingerprint density at radius 3 is 2.76 bits per heavy atom. The molecule has 1 saturated carbocycles. The van der Waals surface area contributed by atoms with E-state index in [0.29, 0.717) is 24.3 Å². The van der Waals surface area contributed by atoms with E-state index in [1.54, 1.807) is 0 Å². The number of nitrogens with zero attached hydrogens (tertiary/aromatic N) is 2. The number of ether oxygens (including phenoxy) is 1. The number of hydrogen-bond acceptors (Lipinski definition) is 6. The number of aromatic nitrogens is 2. The van der Waals surface area contributed by atoms with Crippen LogP contribution in [-0.2, 0) is 6.54 Å². The molecule has 0 radical (unpaired) electrons. The molecule has 21 heavy (non-hydrogen) atoms. The lowest BCUT2D eigenvalue weighted by Gasteiger charge is -2.47. The van der Waals surface area contributed by atoms with Crippen LogP contribution in [0, 0.1) is 11.3 Å². The fraction of sp³-hybridized carbons (Fsp3) is 0.867. The molecule has 1 aromatic heterocycles. The van der Waals surface area contributed by atoms with Crippen LogP contribution in [0.3, 0.4) is 0 Å². The summed E-state index contributed by atoms with van der Waals surface area (Å²) in [5, 5.41) is 23.1. The average molecular weight is 313 g/mol. The van der Waals surface area contributed by atoms with Crippen LogP contribution >= 0.6 is 11.3 Å². The summed E-state index contributed by atoms with van der Waals surface area (Å²) in [5.74, 6) is 0.613.